The van der Waals surface area contributed by atoms with Crippen LogP contribution >= 0.6 is 22.6 Å². The largest absolute Gasteiger partial charge is 0.372 e. The highest BCUT2D eigenvalue weighted by Crippen LogP contribution is 2.20. The van der Waals surface area contributed by atoms with Crippen molar-refractivity contribution in [3.8, 4) is 0 Å². The van der Waals surface area contributed by atoms with Crippen LogP contribution in [0.25, 0.3) is 24.3 Å². The van der Waals surface area contributed by atoms with Crippen molar-refractivity contribution in [1.82, 2.24) is 0 Å². The Kier molecular flexibility index (Phi) is 10.3. The van der Waals surface area contributed by atoms with E-state index in [2.05, 4.69) is 139 Å². The Morgan fingerprint density at radius 3 is 1.58 bits per heavy atom. The van der Waals surface area contributed by atoms with E-state index in [0.29, 0.717) is 0 Å². The van der Waals surface area contributed by atoms with Crippen LogP contribution in [0.1, 0.15) is 67.3 Å². The molecule has 33 heavy (non-hydrogen) atoms. The van der Waals surface area contributed by atoms with Crippen LogP contribution < -0.4 is 4.90 Å². The van der Waals surface area contributed by atoms with E-state index in [-0.39, 0.29) is 0 Å². The van der Waals surface area contributed by atoms with Crippen LogP contribution in [0.2, 0.25) is 0 Å². The summed E-state index contributed by atoms with van der Waals surface area (Å²) in [7, 11) is 0. The van der Waals surface area contributed by atoms with Gasteiger partial charge >= 0.3 is 0 Å². The summed E-state index contributed by atoms with van der Waals surface area (Å²) in [6, 6.07) is 24.4. The van der Waals surface area contributed by atoms with Crippen molar-refractivity contribution in [1.29, 1.82) is 0 Å². The molecule has 0 N–H and O–H groups in total. The zero-order valence-electron chi connectivity index (χ0n) is 20.2. The van der Waals surface area contributed by atoms with Crippen LogP contribution in [0.15, 0.2) is 66.7 Å². The minimum Gasteiger partial charge on any atom is -0.372 e. The summed E-state index contributed by atoms with van der Waals surface area (Å²) in [6.07, 6.45) is 13.8. The summed E-state index contributed by atoms with van der Waals surface area (Å²) < 4.78 is 1.25. The minimum absolute atomic E-state index is 1.15. The molecule has 0 spiro atoms. The number of halogens is 1. The number of aryl methyl sites for hydroxylation is 1. The Balaban J connectivity index is 1.70. The number of anilines is 1. The lowest BCUT2D eigenvalue weighted by Gasteiger charge is -2.24. The van der Waals surface area contributed by atoms with E-state index < -0.39 is 0 Å². The third-order valence-corrected chi connectivity index (χ3v) is 6.40. The van der Waals surface area contributed by atoms with Crippen LogP contribution in [-0.2, 0) is 0 Å². The van der Waals surface area contributed by atoms with Gasteiger partial charge in [0.1, 0.15) is 0 Å². The molecule has 0 bridgehead atoms. The van der Waals surface area contributed by atoms with E-state index >= 15 is 0 Å². The number of hydrogen-bond donors (Lipinski definition) is 0. The standard InChI is InChI=1S/C31H36IN/c1-4-6-20-33(21-7-5-2)31-18-16-27(17-19-31)13-15-29-22-28(23-30(32)24-29)14-12-26-10-8-25(3)9-11-26/h8-19,22-24H,4-7,20-21H2,1-3H3/b14-12+,15-13+. The summed E-state index contributed by atoms with van der Waals surface area (Å²) in [5.41, 5.74) is 7.54. The van der Waals surface area contributed by atoms with E-state index in [9.17, 15) is 0 Å². The summed E-state index contributed by atoms with van der Waals surface area (Å²) in [6.45, 7) is 8.94. The number of rotatable bonds is 11. The molecule has 1 nitrogen and oxygen atoms in total. The topological polar surface area (TPSA) is 3.24 Å². The zero-order valence-corrected chi connectivity index (χ0v) is 22.4. The number of unbranched alkanes of at least 4 members (excludes halogenated alkanes) is 2. The van der Waals surface area contributed by atoms with Gasteiger partial charge in [0.15, 0.2) is 0 Å². The summed E-state index contributed by atoms with van der Waals surface area (Å²) in [5.74, 6) is 0. The first-order chi connectivity index (χ1) is 16.1. The number of hydrogen-bond acceptors (Lipinski definition) is 1. The minimum atomic E-state index is 1.15. The fraction of sp³-hybridized carbons (Fsp3) is 0.290. The van der Waals surface area contributed by atoms with E-state index in [4.69, 9.17) is 0 Å². The maximum absolute atomic E-state index is 2.53. The Bertz CT molecular complexity index is 1040. The van der Waals surface area contributed by atoms with Gasteiger partial charge in [-0.25, -0.2) is 0 Å². The number of nitrogens with zero attached hydrogens (tertiary/aromatic N) is 1. The quantitative estimate of drug-likeness (QED) is 0.170. The van der Waals surface area contributed by atoms with Crippen molar-refractivity contribution in [3.05, 3.63) is 98.1 Å². The van der Waals surface area contributed by atoms with E-state index in [1.807, 2.05) is 0 Å². The van der Waals surface area contributed by atoms with Crippen LogP contribution in [0, 0.1) is 10.5 Å². The summed E-state index contributed by atoms with van der Waals surface area (Å²) in [4.78, 5) is 2.53. The molecule has 0 saturated carbocycles. The van der Waals surface area contributed by atoms with Gasteiger partial charge in [0.2, 0.25) is 0 Å². The van der Waals surface area contributed by atoms with E-state index in [1.54, 1.807) is 0 Å². The molecule has 0 fully saturated rings. The lowest BCUT2D eigenvalue weighted by molar-refractivity contribution is 0.678. The Labute approximate surface area is 214 Å². The Hall–Kier alpha value is -2.33. The molecule has 172 valence electrons. The van der Waals surface area contributed by atoms with Crippen LogP contribution in [0.4, 0.5) is 5.69 Å². The highest BCUT2D eigenvalue weighted by Gasteiger charge is 2.05. The smallest absolute Gasteiger partial charge is 0.0366 e. The van der Waals surface area contributed by atoms with Crippen molar-refractivity contribution < 1.29 is 0 Å². The van der Waals surface area contributed by atoms with Gasteiger partial charge in [-0.15, -0.1) is 0 Å². The molecule has 0 amide bonds. The first-order valence-electron chi connectivity index (χ1n) is 12.2. The molecule has 3 aromatic rings. The first-order valence-corrected chi connectivity index (χ1v) is 13.2. The van der Waals surface area contributed by atoms with Crippen LogP contribution in [-0.4, -0.2) is 13.1 Å². The first kappa shape index (κ1) is 25.3. The van der Waals surface area contributed by atoms with Gasteiger partial charge in [-0.1, -0.05) is 93.0 Å². The van der Waals surface area contributed by atoms with Gasteiger partial charge < -0.3 is 4.90 Å². The third-order valence-electron chi connectivity index (χ3n) is 5.78. The molecular weight excluding hydrogens is 513 g/mol. The molecular formula is C31H36IN. The fourth-order valence-corrected chi connectivity index (χ4v) is 4.47. The van der Waals surface area contributed by atoms with Crippen LogP contribution in [0.5, 0.6) is 0 Å². The average molecular weight is 550 g/mol. The predicted molar refractivity (Wildman–Crippen MR) is 157 cm³/mol. The molecule has 2 heteroatoms. The highest BCUT2D eigenvalue weighted by molar-refractivity contribution is 14.1. The van der Waals surface area contributed by atoms with Crippen molar-refractivity contribution >= 4 is 52.6 Å². The van der Waals surface area contributed by atoms with Crippen LogP contribution in [0.3, 0.4) is 0 Å². The lowest BCUT2D eigenvalue weighted by Crippen LogP contribution is -2.25. The van der Waals surface area contributed by atoms with Gasteiger partial charge in [-0.2, -0.15) is 0 Å². The molecule has 0 atom stereocenters. The van der Waals surface area contributed by atoms with Gasteiger partial charge in [0.25, 0.3) is 0 Å². The van der Waals surface area contributed by atoms with Crippen molar-refractivity contribution in [3.63, 3.8) is 0 Å². The molecule has 0 unspecified atom stereocenters. The molecule has 0 aliphatic rings. The molecule has 3 aromatic carbocycles. The highest BCUT2D eigenvalue weighted by atomic mass is 127. The molecule has 0 aromatic heterocycles. The van der Waals surface area contributed by atoms with Crippen molar-refractivity contribution in [2.45, 2.75) is 46.5 Å². The second-order valence-corrected chi connectivity index (χ2v) is 9.93. The zero-order chi connectivity index (χ0) is 23.5. The molecule has 0 heterocycles. The van der Waals surface area contributed by atoms with Gasteiger partial charge in [0, 0.05) is 22.3 Å². The van der Waals surface area contributed by atoms with Gasteiger partial charge in [-0.05, 0) is 94.9 Å². The van der Waals surface area contributed by atoms with E-state index in [0.717, 1.165) is 13.1 Å². The predicted octanol–water partition coefficient (Wildman–Crippen LogP) is 9.35. The third kappa shape index (κ3) is 8.51. The second kappa shape index (κ2) is 13.4. The molecule has 0 radical (unpaired) electrons. The Morgan fingerprint density at radius 2 is 1.09 bits per heavy atom. The van der Waals surface area contributed by atoms with Gasteiger partial charge in [-0.3, -0.25) is 0 Å². The number of benzene rings is 3. The monoisotopic (exact) mass is 549 g/mol. The van der Waals surface area contributed by atoms with Crippen molar-refractivity contribution in [2.24, 2.45) is 0 Å². The Morgan fingerprint density at radius 1 is 0.636 bits per heavy atom. The summed E-state index contributed by atoms with van der Waals surface area (Å²) in [5, 5.41) is 0. The summed E-state index contributed by atoms with van der Waals surface area (Å²) >= 11 is 2.40. The van der Waals surface area contributed by atoms with E-state index in [1.165, 1.54) is 62.8 Å². The fourth-order valence-electron chi connectivity index (χ4n) is 3.76. The lowest BCUT2D eigenvalue weighted by atomic mass is 10.1. The van der Waals surface area contributed by atoms with Crippen molar-refractivity contribution in [2.75, 3.05) is 18.0 Å². The molecule has 3 rings (SSSR count). The molecule has 0 saturated heterocycles. The average Bonchev–Trinajstić information content (AvgIpc) is 2.83. The maximum atomic E-state index is 2.53. The second-order valence-electron chi connectivity index (χ2n) is 8.68. The van der Waals surface area contributed by atoms with Gasteiger partial charge in [0.05, 0.1) is 0 Å². The SMILES string of the molecule is CCCCN(CCCC)c1ccc(/C=C/c2cc(I)cc(/C=C/c3ccc(C)cc3)c2)cc1. The molecule has 0 aliphatic carbocycles. The molecule has 0 aliphatic heterocycles. The maximum Gasteiger partial charge on any atom is 0.0366 e. The normalized spacial score (nSPS) is 11.5.